The highest BCUT2D eigenvalue weighted by Crippen LogP contribution is 2.28. The van der Waals surface area contributed by atoms with Crippen LogP contribution in [0.3, 0.4) is 0 Å². The zero-order valence-electron chi connectivity index (χ0n) is 11.0. The average molecular weight is 265 g/mol. The van der Waals surface area contributed by atoms with Crippen LogP contribution in [0.2, 0.25) is 0 Å². The molecule has 0 atom stereocenters. The van der Waals surface area contributed by atoms with Crippen LogP contribution >= 0.6 is 0 Å². The highest BCUT2D eigenvalue weighted by atomic mass is 16.3. The van der Waals surface area contributed by atoms with Crippen LogP contribution in [0.1, 0.15) is 17.1 Å². The molecule has 0 aliphatic rings. The number of amides is 1. The first-order valence-electron chi connectivity index (χ1n) is 6.55. The molecule has 1 aromatic heterocycles. The topological polar surface area (TPSA) is 56.2 Å². The molecule has 3 heteroatoms. The van der Waals surface area contributed by atoms with Crippen LogP contribution in [0.15, 0.2) is 59.0 Å². The van der Waals surface area contributed by atoms with E-state index in [1.165, 1.54) is 5.56 Å². The molecular formula is C17H15NO2. The van der Waals surface area contributed by atoms with Crippen LogP contribution < -0.4 is 5.73 Å². The van der Waals surface area contributed by atoms with Gasteiger partial charge in [-0.3, -0.25) is 4.79 Å². The lowest BCUT2D eigenvalue weighted by Crippen LogP contribution is -2.13. The Labute approximate surface area is 117 Å². The molecular weight excluding hydrogens is 250 g/mol. The van der Waals surface area contributed by atoms with Crippen molar-refractivity contribution >= 4 is 16.7 Å². The first-order valence-corrected chi connectivity index (χ1v) is 6.55. The Morgan fingerprint density at radius 2 is 1.50 bits per heavy atom. The van der Waals surface area contributed by atoms with Crippen molar-refractivity contribution in [2.75, 3.05) is 0 Å². The second kappa shape index (κ2) is 5.21. The third-order valence-corrected chi connectivity index (χ3v) is 3.32. The first kappa shape index (κ1) is 12.5. The van der Waals surface area contributed by atoms with Gasteiger partial charge in [-0.1, -0.05) is 54.6 Å². The van der Waals surface area contributed by atoms with Gasteiger partial charge >= 0.3 is 0 Å². The molecule has 1 heterocycles. The number of hydrogen-bond donors (Lipinski definition) is 1. The third-order valence-electron chi connectivity index (χ3n) is 3.32. The molecule has 0 saturated carbocycles. The number of primary amides is 1. The van der Waals surface area contributed by atoms with Crippen LogP contribution in [0.25, 0.3) is 10.8 Å². The smallest absolute Gasteiger partial charge is 0.225 e. The van der Waals surface area contributed by atoms with Gasteiger partial charge in [0.1, 0.15) is 11.5 Å². The number of carbonyl (C=O) groups excluding carboxylic acids is 1. The highest BCUT2D eigenvalue weighted by Gasteiger charge is 2.14. The Balaban J connectivity index is 2.04. The van der Waals surface area contributed by atoms with E-state index in [0.717, 1.165) is 16.5 Å². The van der Waals surface area contributed by atoms with Gasteiger partial charge in [-0.15, -0.1) is 0 Å². The van der Waals surface area contributed by atoms with Crippen molar-refractivity contribution < 1.29 is 9.21 Å². The van der Waals surface area contributed by atoms with Crippen molar-refractivity contribution in [3.05, 3.63) is 71.7 Å². The summed E-state index contributed by atoms with van der Waals surface area (Å²) in [6.45, 7) is 0. The van der Waals surface area contributed by atoms with Gasteiger partial charge in [0, 0.05) is 17.2 Å². The number of rotatable bonds is 4. The quantitative estimate of drug-likeness (QED) is 0.788. The van der Waals surface area contributed by atoms with Crippen LogP contribution in [-0.2, 0) is 17.6 Å². The maximum absolute atomic E-state index is 11.1. The molecule has 0 spiro atoms. The predicted molar refractivity (Wildman–Crippen MR) is 78.4 cm³/mol. The Morgan fingerprint density at radius 3 is 2.15 bits per heavy atom. The van der Waals surface area contributed by atoms with Crippen molar-refractivity contribution in [3.8, 4) is 0 Å². The molecule has 0 aliphatic carbocycles. The van der Waals surface area contributed by atoms with Crippen molar-refractivity contribution in [2.24, 2.45) is 5.73 Å². The largest absolute Gasteiger partial charge is 0.464 e. The molecule has 1 amide bonds. The van der Waals surface area contributed by atoms with Crippen molar-refractivity contribution in [2.45, 2.75) is 12.8 Å². The normalized spacial score (nSPS) is 10.8. The van der Waals surface area contributed by atoms with Gasteiger partial charge in [-0.25, -0.2) is 0 Å². The lowest BCUT2D eigenvalue weighted by Gasteiger charge is -1.98. The number of benzene rings is 2. The molecule has 0 aliphatic heterocycles. The number of hydrogen-bond acceptors (Lipinski definition) is 2. The predicted octanol–water partition coefficient (Wildman–Crippen LogP) is 3.05. The fourth-order valence-corrected chi connectivity index (χ4v) is 2.43. The second-order valence-electron chi connectivity index (χ2n) is 4.80. The van der Waals surface area contributed by atoms with Crippen molar-refractivity contribution in [3.63, 3.8) is 0 Å². The van der Waals surface area contributed by atoms with E-state index >= 15 is 0 Å². The second-order valence-corrected chi connectivity index (χ2v) is 4.80. The molecule has 100 valence electrons. The van der Waals surface area contributed by atoms with E-state index in [1.54, 1.807) is 0 Å². The summed E-state index contributed by atoms with van der Waals surface area (Å²) in [5, 5.41) is 2.02. The summed E-state index contributed by atoms with van der Waals surface area (Å²) in [6.07, 6.45) is 0.843. The highest BCUT2D eigenvalue weighted by molar-refractivity contribution is 5.90. The van der Waals surface area contributed by atoms with Gasteiger partial charge in [0.25, 0.3) is 0 Å². The van der Waals surface area contributed by atoms with Gasteiger partial charge in [0.2, 0.25) is 5.91 Å². The number of carbonyl (C=O) groups is 1. The minimum absolute atomic E-state index is 0.134. The maximum Gasteiger partial charge on any atom is 0.225 e. The molecule has 0 saturated heterocycles. The molecule has 2 aromatic carbocycles. The zero-order chi connectivity index (χ0) is 13.9. The molecule has 0 radical (unpaired) electrons. The summed E-state index contributed by atoms with van der Waals surface area (Å²) in [5.74, 6) is 1.15. The van der Waals surface area contributed by atoms with E-state index in [9.17, 15) is 4.79 Å². The van der Waals surface area contributed by atoms with Crippen LogP contribution in [0.5, 0.6) is 0 Å². The number of furan rings is 1. The minimum atomic E-state index is -0.379. The van der Waals surface area contributed by atoms with E-state index < -0.39 is 0 Å². The van der Waals surface area contributed by atoms with Gasteiger partial charge < -0.3 is 10.2 Å². The fraction of sp³-hybridized carbons (Fsp3) is 0.118. The van der Waals surface area contributed by atoms with Gasteiger partial charge in [-0.05, 0) is 5.56 Å². The van der Waals surface area contributed by atoms with Gasteiger partial charge in [0.15, 0.2) is 0 Å². The molecule has 20 heavy (non-hydrogen) atoms. The third kappa shape index (κ3) is 2.43. The summed E-state index contributed by atoms with van der Waals surface area (Å²) < 4.78 is 5.88. The summed E-state index contributed by atoms with van der Waals surface area (Å²) in [7, 11) is 0. The van der Waals surface area contributed by atoms with E-state index in [2.05, 4.69) is 12.1 Å². The number of nitrogens with two attached hydrogens (primary N) is 1. The van der Waals surface area contributed by atoms with Gasteiger partial charge in [0.05, 0.1) is 6.42 Å². The molecule has 0 unspecified atom stereocenters. The summed E-state index contributed by atoms with van der Waals surface area (Å²) in [6, 6.07) is 18.0. The Morgan fingerprint density at radius 1 is 0.900 bits per heavy atom. The van der Waals surface area contributed by atoms with Crippen molar-refractivity contribution in [1.82, 2.24) is 0 Å². The van der Waals surface area contributed by atoms with Crippen molar-refractivity contribution in [1.29, 1.82) is 0 Å². The zero-order valence-corrected chi connectivity index (χ0v) is 11.0. The Hall–Kier alpha value is -2.55. The first-order chi connectivity index (χ1) is 9.74. The lowest BCUT2D eigenvalue weighted by atomic mass is 10.1. The molecule has 2 N–H and O–H groups in total. The SMILES string of the molecule is NC(=O)Cc1oc(Cc2ccccc2)c2ccccc12. The van der Waals surface area contributed by atoms with Crippen LogP contribution in [0, 0.1) is 0 Å². The minimum Gasteiger partial charge on any atom is -0.464 e. The maximum atomic E-state index is 11.1. The molecule has 3 nitrogen and oxygen atoms in total. The van der Waals surface area contributed by atoms with E-state index in [1.807, 2.05) is 42.5 Å². The average Bonchev–Trinajstić information content (AvgIpc) is 2.78. The van der Waals surface area contributed by atoms with E-state index in [4.69, 9.17) is 10.2 Å². The van der Waals surface area contributed by atoms with Gasteiger partial charge in [-0.2, -0.15) is 0 Å². The van der Waals surface area contributed by atoms with Crippen LogP contribution in [-0.4, -0.2) is 5.91 Å². The summed E-state index contributed by atoms with van der Waals surface area (Å²) in [5.41, 5.74) is 6.46. The lowest BCUT2D eigenvalue weighted by molar-refractivity contribution is -0.117. The Kier molecular flexibility index (Phi) is 3.25. The molecule has 0 fully saturated rings. The molecule has 0 bridgehead atoms. The summed E-state index contributed by atoms with van der Waals surface area (Å²) in [4.78, 5) is 11.1. The van der Waals surface area contributed by atoms with Crippen LogP contribution in [0.4, 0.5) is 0 Å². The van der Waals surface area contributed by atoms with E-state index in [0.29, 0.717) is 12.2 Å². The standard InChI is InChI=1S/C17H15NO2/c18-17(19)11-16-14-9-5-4-8-13(14)15(20-16)10-12-6-2-1-3-7-12/h1-9H,10-11H2,(H2,18,19). The summed E-state index contributed by atoms with van der Waals surface area (Å²) >= 11 is 0. The molecule has 3 rings (SSSR count). The Bertz CT molecular complexity index is 744. The number of fused-ring (bicyclic) bond motifs is 1. The monoisotopic (exact) mass is 265 g/mol. The molecule has 3 aromatic rings. The van der Waals surface area contributed by atoms with E-state index in [-0.39, 0.29) is 12.3 Å². The fourth-order valence-electron chi connectivity index (χ4n) is 2.43.